The number of benzene rings is 1. The minimum absolute atomic E-state index is 0.0474. The Morgan fingerprint density at radius 3 is 2.30 bits per heavy atom. The Kier molecular flexibility index (Phi) is 4.34. The zero-order valence-corrected chi connectivity index (χ0v) is 12.6. The lowest BCUT2D eigenvalue weighted by Gasteiger charge is -2.22. The average molecular weight is 329 g/mol. The van der Waals surface area contributed by atoms with Crippen molar-refractivity contribution >= 4 is 5.91 Å². The van der Waals surface area contributed by atoms with Gasteiger partial charge in [-0.1, -0.05) is 18.9 Å². The van der Waals surface area contributed by atoms with E-state index in [9.17, 15) is 22.4 Å². The van der Waals surface area contributed by atoms with Crippen LogP contribution in [-0.4, -0.2) is 5.91 Å². The second-order valence-corrected chi connectivity index (χ2v) is 6.54. The second-order valence-electron chi connectivity index (χ2n) is 6.54. The molecule has 3 rings (SSSR count). The third-order valence-electron chi connectivity index (χ3n) is 4.78. The molecule has 0 unspecified atom stereocenters. The summed E-state index contributed by atoms with van der Waals surface area (Å²) in [7, 11) is 0. The molecule has 0 radical (unpaired) electrons. The highest BCUT2D eigenvalue weighted by atomic mass is 19.4. The molecule has 1 atom stereocenters. The molecule has 0 aromatic heterocycles. The summed E-state index contributed by atoms with van der Waals surface area (Å²) in [6, 6.07) is 2.04. The van der Waals surface area contributed by atoms with Crippen molar-refractivity contribution in [1.82, 2.24) is 5.32 Å². The summed E-state index contributed by atoms with van der Waals surface area (Å²) in [6.45, 7) is 0. The highest BCUT2D eigenvalue weighted by molar-refractivity contribution is 5.79. The Morgan fingerprint density at radius 2 is 1.78 bits per heavy atom. The monoisotopic (exact) mass is 329 g/mol. The first kappa shape index (κ1) is 16.3. The molecule has 0 saturated heterocycles. The normalized spacial score (nSPS) is 20.5. The molecule has 6 heteroatoms. The maximum absolute atomic E-state index is 14.2. The highest BCUT2D eigenvalue weighted by Gasteiger charge is 2.38. The van der Waals surface area contributed by atoms with Crippen molar-refractivity contribution < 1.29 is 22.4 Å². The summed E-state index contributed by atoms with van der Waals surface area (Å²) < 4.78 is 52.1. The predicted molar refractivity (Wildman–Crippen MR) is 77.0 cm³/mol. The fraction of sp³-hybridized carbons (Fsp3) is 0.588. The largest absolute Gasteiger partial charge is 0.416 e. The van der Waals surface area contributed by atoms with Crippen LogP contribution in [-0.2, 0) is 11.0 Å². The van der Waals surface area contributed by atoms with Gasteiger partial charge in [0.25, 0.3) is 0 Å². The molecule has 2 aliphatic rings. The van der Waals surface area contributed by atoms with E-state index in [1.165, 1.54) is 0 Å². The van der Waals surface area contributed by atoms with E-state index in [1.807, 2.05) is 0 Å². The lowest BCUT2D eigenvalue weighted by atomic mass is 9.98. The predicted octanol–water partition coefficient (Wildman–Crippen LogP) is 4.60. The first-order valence-corrected chi connectivity index (χ1v) is 8.03. The molecule has 2 nitrogen and oxygen atoms in total. The van der Waals surface area contributed by atoms with Crippen molar-refractivity contribution in [3.8, 4) is 0 Å². The molecule has 0 heterocycles. The lowest BCUT2D eigenvalue weighted by molar-refractivity contribution is -0.137. The molecule has 1 amide bonds. The van der Waals surface area contributed by atoms with Gasteiger partial charge >= 0.3 is 6.18 Å². The van der Waals surface area contributed by atoms with Crippen molar-refractivity contribution in [2.75, 3.05) is 0 Å². The van der Waals surface area contributed by atoms with Gasteiger partial charge in [-0.05, 0) is 43.7 Å². The van der Waals surface area contributed by atoms with Gasteiger partial charge in [0.05, 0.1) is 11.6 Å². The fourth-order valence-corrected chi connectivity index (χ4v) is 3.29. The molecule has 0 bridgehead atoms. The smallest absolute Gasteiger partial charge is 0.349 e. The van der Waals surface area contributed by atoms with Crippen LogP contribution in [0.1, 0.15) is 55.7 Å². The highest BCUT2D eigenvalue weighted by Crippen LogP contribution is 2.43. The maximum atomic E-state index is 14.2. The van der Waals surface area contributed by atoms with Gasteiger partial charge in [0.15, 0.2) is 0 Å². The molecule has 1 aromatic carbocycles. The van der Waals surface area contributed by atoms with Crippen molar-refractivity contribution in [3.05, 3.63) is 35.1 Å². The lowest BCUT2D eigenvalue weighted by Crippen LogP contribution is -2.34. The van der Waals surface area contributed by atoms with Gasteiger partial charge in [-0.2, -0.15) is 13.2 Å². The molecule has 2 aliphatic carbocycles. The summed E-state index contributed by atoms with van der Waals surface area (Å²) in [5, 5.41) is 2.88. The second kappa shape index (κ2) is 6.13. The van der Waals surface area contributed by atoms with Crippen molar-refractivity contribution in [2.45, 2.75) is 50.7 Å². The van der Waals surface area contributed by atoms with Crippen LogP contribution in [0.4, 0.5) is 17.6 Å². The van der Waals surface area contributed by atoms with Crippen molar-refractivity contribution in [3.63, 3.8) is 0 Å². The van der Waals surface area contributed by atoms with Gasteiger partial charge in [0.1, 0.15) is 5.82 Å². The Labute approximate surface area is 132 Å². The van der Waals surface area contributed by atoms with Gasteiger partial charge in [-0.3, -0.25) is 4.79 Å². The zero-order chi connectivity index (χ0) is 16.6. The molecule has 1 N–H and O–H groups in total. The Bertz CT molecular complexity index is 589. The summed E-state index contributed by atoms with van der Waals surface area (Å²) >= 11 is 0. The van der Waals surface area contributed by atoms with Crippen molar-refractivity contribution in [1.29, 1.82) is 0 Å². The van der Waals surface area contributed by atoms with Gasteiger partial charge in [-0.15, -0.1) is 0 Å². The van der Waals surface area contributed by atoms with E-state index in [-0.39, 0.29) is 23.3 Å². The average Bonchev–Trinajstić information content (AvgIpc) is 3.17. The van der Waals surface area contributed by atoms with Crippen LogP contribution in [0.5, 0.6) is 0 Å². The standard InChI is InChI=1S/C17H19F4NO/c18-14-9-12(17(19,20)21)7-8-13(14)15(10-5-6-10)22-16(23)11-3-1-2-4-11/h7-11,15H,1-6H2,(H,22,23)/t15-/m1/s1. The molecule has 126 valence electrons. The first-order valence-electron chi connectivity index (χ1n) is 8.03. The number of halogens is 4. The number of carbonyl (C=O) groups is 1. The third-order valence-corrected chi connectivity index (χ3v) is 4.78. The first-order chi connectivity index (χ1) is 10.9. The van der Waals surface area contributed by atoms with Crippen LogP contribution >= 0.6 is 0 Å². The summed E-state index contributed by atoms with van der Waals surface area (Å²) in [6.07, 6.45) is 0.840. The van der Waals surface area contributed by atoms with E-state index < -0.39 is 23.6 Å². The molecule has 0 aliphatic heterocycles. The van der Waals surface area contributed by atoms with Gasteiger partial charge < -0.3 is 5.32 Å². The molecular formula is C17H19F4NO. The van der Waals surface area contributed by atoms with E-state index in [0.29, 0.717) is 6.07 Å². The Morgan fingerprint density at radius 1 is 1.13 bits per heavy atom. The quantitative estimate of drug-likeness (QED) is 0.804. The topological polar surface area (TPSA) is 29.1 Å². The van der Waals surface area contributed by atoms with Crippen LogP contribution in [0, 0.1) is 17.7 Å². The molecule has 1 aromatic rings. The van der Waals surface area contributed by atoms with Crippen LogP contribution < -0.4 is 5.32 Å². The number of hydrogen-bond acceptors (Lipinski definition) is 1. The minimum Gasteiger partial charge on any atom is -0.349 e. The van der Waals surface area contributed by atoms with Crippen LogP contribution in [0.3, 0.4) is 0 Å². The van der Waals surface area contributed by atoms with Crippen LogP contribution in [0.25, 0.3) is 0 Å². The molecule has 23 heavy (non-hydrogen) atoms. The molecule has 2 fully saturated rings. The molecule has 0 spiro atoms. The van der Waals surface area contributed by atoms with E-state index in [0.717, 1.165) is 50.7 Å². The Balaban J connectivity index is 1.79. The van der Waals surface area contributed by atoms with E-state index in [1.54, 1.807) is 0 Å². The minimum atomic E-state index is -4.57. The van der Waals surface area contributed by atoms with Crippen LogP contribution in [0.2, 0.25) is 0 Å². The molecule has 2 saturated carbocycles. The van der Waals surface area contributed by atoms with Gasteiger partial charge in [0, 0.05) is 11.5 Å². The third kappa shape index (κ3) is 3.67. The number of alkyl halides is 3. The summed E-state index contributed by atoms with van der Waals surface area (Å²) in [5.74, 6) is -0.928. The Hall–Kier alpha value is -1.59. The fourth-order valence-electron chi connectivity index (χ4n) is 3.29. The van der Waals surface area contributed by atoms with E-state index in [4.69, 9.17) is 0 Å². The summed E-state index contributed by atoms with van der Waals surface area (Å²) in [5.41, 5.74) is -0.845. The number of amides is 1. The summed E-state index contributed by atoms with van der Waals surface area (Å²) in [4.78, 5) is 12.3. The zero-order valence-electron chi connectivity index (χ0n) is 12.6. The van der Waals surface area contributed by atoms with E-state index >= 15 is 0 Å². The van der Waals surface area contributed by atoms with E-state index in [2.05, 4.69) is 5.32 Å². The number of carbonyl (C=O) groups excluding carboxylic acids is 1. The van der Waals surface area contributed by atoms with Crippen LogP contribution in [0.15, 0.2) is 18.2 Å². The van der Waals surface area contributed by atoms with Gasteiger partial charge in [0.2, 0.25) is 5.91 Å². The SMILES string of the molecule is O=C(N[C@@H](c1ccc(C(F)(F)F)cc1F)C1CC1)C1CCCC1. The number of hydrogen-bond donors (Lipinski definition) is 1. The van der Waals surface area contributed by atoms with Gasteiger partial charge in [-0.25, -0.2) is 4.39 Å². The number of nitrogens with one attached hydrogen (secondary N) is 1. The molecular weight excluding hydrogens is 310 g/mol. The number of rotatable bonds is 4. The van der Waals surface area contributed by atoms with Crippen molar-refractivity contribution in [2.24, 2.45) is 11.8 Å². The maximum Gasteiger partial charge on any atom is 0.416 e.